The van der Waals surface area contributed by atoms with Crippen LogP contribution in [0.3, 0.4) is 0 Å². The van der Waals surface area contributed by atoms with Crippen LogP contribution in [0.1, 0.15) is 13.8 Å². The van der Waals surface area contributed by atoms with E-state index in [1.807, 2.05) is 32.0 Å². The fourth-order valence-corrected chi connectivity index (χ4v) is 1.23. The summed E-state index contributed by atoms with van der Waals surface area (Å²) in [4.78, 5) is 4.03. The maximum absolute atomic E-state index is 5.55. The number of nitrogens with zero attached hydrogens (tertiary/aromatic N) is 3. The molecule has 0 bridgehead atoms. The van der Waals surface area contributed by atoms with Crippen molar-refractivity contribution in [3.63, 3.8) is 0 Å². The van der Waals surface area contributed by atoms with Gasteiger partial charge in [0.05, 0.1) is 6.10 Å². The molecule has 0 saturated carbocycles. The molecule has 0 radical (unpaired) electrons. The summed E-state index contributed by atoms with van der Waals surface area (Å²) in [5.74, 6) is 0.909. The standard InChI is InChI=1S/C9H12N4O/c1-6(2)14-8-5-3-4-7-11-9(10)12-13(7)8/h3-6H,1-2H3,(H2,10,12). The number of rotatable bonds is 2. The third-order valence-electron chi connectivity index (χ3n) is 1.70. The third-order valence-corrected chi connectivity index (χ3v) is 1.70. The molecule has 0 aliphatic carbocycles. The molecule has 0 fully saturated rings. The molecule has 0 saturated heterocycles. The van der Waals surface area contributed by atoms with Crippen LogP contribution in [0.2, 0.25) is 0 Å². The van der Waals surface area contributed by atoms with Crippen LogP contribution in [0.25, 0.3) is 5.65 Å². The van der Waals surface area contributed by atoms with Gasteiger partial charge < -0.3 is 10.5 Å². The molecule has 2 aromatic rings. The van der Waals surface area contributed by atoms with Crippen molar-refractivity contribution in [3.05, 3.63) is 18.2 Å². The Morgan fingerprint density at radius 1 is 1.43 bits per heavy atom. The van der Waals surface area contributed by atoms with Crippen LogP contribution in [0.4, 0.5) is 5.95 Å². The van der Waals surface area contributed by atoms with Crippen molar-refractivity contribution in [1.82, 2.24) is 14.6 Å². The van der Waals surface area contributed by atoms with Crippen LogP contribution in [-0.2, 0) is 0 Å². The molecule has 2 N–H and O–H groups in total. The minimum absolute atomic E-state index is 0.103. The molecule has 0 amide bonds. The molecule has 0 atom stereocenters. The highest BCUT2D eigenvalue weighted by Crippen LogP contribution is 2.14. The van der Waals surface area contributed by atoms with Crippen molar-refractivity contribution in [2.75, 3.05) is 5.73 Å². The van der Waals surface area contributed by atoms with E-state index in [1.54, 1.807) is 4.52 Å². The molecule has 0 aliphatic rings. The number of pyridine rings is 1. The van der Waals surface area contributed by atoms with E-state index in [0.29, 0.717) is 11.5 Å². The van der Waals surface area contributed by atoms with Gasteiger partial charge in [-0.3, -0.25) is 0 Å². The van der Waals surface area contributed by atoms with Crippen molar-refractivity contribution in [1.29, 1.82) is 0 Å². The largest absolute Gasteiger partial charge is 0.475 e. The fourth-order valence-electron chi connectivity index (χ4n) is 1.23. The Kier molecular flexibility index (Phi) is 1.99. The van der Waals surface area contributed by atoms with Gasteiger partial charge in [0.1, 0.15) is 0 Å². The molecule has 2 heterocycles. The van der Waals surface area contributed by atoms with Gasteiger partial charge in [-0.1, -0.05) is 6.07 Å². The second-order valence-corrected chi connectivity index (χ2v) is 3.27. The summed E-state index contributed by atoms with van der Waals surface area (Å²) in [6, 6.07) is 5.53. The van der Waals surface area contributed by atoms with Crippen LogP contribution in [0.15, 0.2) is 18.2 Å². The molecule has 0 spiro atoms. The van der Waals surface area contributed by atoms with Crippen LogP contribution < -0.4 is 10.5 Å². The highest BCUT2D eigenvalue weighted by Gasteiger charge is 2.06. The number of aromatic nitrogens is 3. The minimum Gasteiger partial charge on any atom is -0.475 e. The predicted molar refractivity (Wildman–Crippen MR) is 53.2 cm³/mol. The monoisotopic (exact) mass is 192 g/mol. The van der Waals surface area contributed by atoms with Crippen molar-refractivity contribution < 1.29 is 4.74 Å². The number of nitrogen functional groups attached to an aromatic ring is 1. The summed E-state index contributed by atoms with van der Waals surface area (Å²) in [5, 5.41) is 4.02. The van der Waals surface area contributed by atoms with Gasteiger partial charge in [-0.25, -0.2) is 0 Å². The minimum atomic E-state index is 0.103. The van der Waals surface area contributed by atoms with Crippen LogP contribution in [-0.4, -0.2) is 20.7 Å². The zero-order valence-electron chi connectivity index (χ0n) is 8.14. The van der Waals surface area contributed by atoms with Gasteiger partial charge in [0.2, 0.25) is 11.8 Å². The quantitative estimate of drug-likeness (QED) is 0.773. The lowest BCUT2D eigenvalue weighted by Gasteiger charge is -2.09. The maximum atomic E-state index is 5.55. The van der Waals surface area contributed by atoms with E-state index >= 15 is 0 Å². The second kappa shape index (κ2) is 3.17. The molecule has 0 aromatic carbocycles. The summed E-state index contributed by atoms with van der Waals surface area (Å²) in [6.07, 6.45) is 0.103. The van der Waals surface area contributed by atoms with Crippen LogP contribution in [0, 0.1) is 0 Å². The Morgan fingerprint density at radius 2 is 2.21 bits per heavy atom. The van der Waals surface area contributed by atoms with E-state index < -0.39 is 0 Å². The summed E-state index contributed by atoms with van der Waals surface area (Å²) in [7, 11) is 0. The number of hydrogen-bond acceptors (Lipinski definition) is 4. The normalized spacial score (nSPS) is 11.1. The lowest BCUT2D eigenvalue weighted by atomic mass is 10.4. The Bertz CT molecular complexity index is 449. The van der Waals surface area contributed by atoms with Gasteiger partial charge >= 0.3 is 0 Å². The first kappa shape index (κ1) is 8.80. The maximum Gasteiger partial charge on any atom is 0.240 e. The van der Waals surface area contributed by atoms with E-state index in [9.17, 15) is 0 Å². The summed E-state index contributed by atoms with van der Waals surface area (Å²) in [6.45, 7) is 3.91. The molecule has 74 valence electrons. The molecular weight excluding hydrogens is 180 g/mol. The first-order valence-electron chi connectivity index (χ1n) is 4.45. The van der Waals surface area contributed by atoms with E-state index in [4.69, 9.17) is 10.5 Å². The topological polar surface area (TPSA) is 65.4 Å². The lowest BCUT2D eigenvalue weighted by Crippen LogP contribution is -2.09. The Balaban J connectivity index is 2.53. The number of nitrogens with two attached hydrogens (primary N) is 1. The van der Waals surface area contributed by atoms with Crippen molar-refractivity contribution >= 4 is 11.6 Å². The molecular formula is C9H12N4O. The van der Waals surface area contributed by atoms with Crippen molar-refractivity contribution in [2.45, 2.75) is 20.0 Å². The van der Waals surface area contributed by atoms with Crippen molar-refractivity contribution in [3.8, 4) is 5.88 Å². The van der Waals surface area contributed by atoms with Crippen molar-refractivity contribution in [2.24, 2.45) is 0 Å². The zero-order valence-corrected chi connectivity index (χ0v) is 8.14. The average molecular weight is 192 g/mol. The fraction of sp³-hybridized carbons (Fsp3) is 0.333. The zero-order chi connectivity index (χ0) is 10.1. The second-order valence-electron chi connectivity index (χ2n) is 3.27. The molecule has 14 heavy (non-hydrogen) atoms. The Morgan fingerprint density at radius 3 is 2.93 bits per heavy atom. The van der Waals surface area contributed by atoms with Gasteiger partial charge in [0.15, 0.2) is 5.65 Å². The van der Waals surface area contributed by atoms with E-state index in [-0.39, 0.29) is 12.1 Å². The highest BCUT2D eigenvalue weighted by molar-refractivity contribution is 5.44. The molecule has 2 rings (SSSR count). The van der Waals surface area contributed by atoms with Gasteiger partial charge in [-0.05, 0) is 19.9 Å². The summed E-state index contributed by atoms with van der Waals surface area (Å²) in [5.41, 5.74) is 6.19. The number of fused-ring (bicyclic) bond motifs is 1. The van der Waals surface area contributed by atoms with Gasteiger partial charge in [0.25, 0.3) is 0 Å². The first-order valence-corrected chi connectivity index (χ1v) is 4.45. The Labute approximate surface area is 81.5 Å². The Hall–Kier alpha value is -1.78. The van der Waals surface area contributed by atoms with Crippen LogP contribution in [0.5, 0.6) is 5.88 Å². The van der Waals surface area contributed by atoms with Gasteiger partial charge in [-0.15, -0.1) is 5.10 Å². The van der Waals surface area contributed by atoms with Gasteiger partial charge in [-0.2, -0.15) is 9.50 Å². The molecule has 5 nitrogen and oxygen atoms in total. The van der Waals surface area contributed by atoms with E-state index in [0.717, 1.165) is 0 Å². The van der Waals surface area contributed by atoms with Gasteiger partial charge in [0, 0.05) is 6.07 Å². The lowest BCUT2D eigenvalue weighted by molar-refractivity contribution is 0.227. The number of anilines is 1. The highest BCUT2D eigenvalue weighted by atomic mass is 16.5. The molecule has 0 aliphatic heterocycles. The number of hydrogen-bond donors (Lipinski definition) is 1. The van der Waals surface area contributed by atoms with E-state index in [2.05, 4.69) is 10.1 Å². The molecule has 0 unspecified atom stereocenters. The third kappa shape index (κ3) is 1.48. The van der Waals surface area contributed by atoms with Crippen LogP contribution >= 0.6 is 0 Å². The summed E-state index contributed by atoms with van der Waals surface area (Å²) < 4.78 is 7.14. The predicted octanol–water partition coefficient (Wildman–Crippen LogP) is 1.10. The molecule has 5 heteroatoms. The summed E-state index contributed by atoms with van der Waals surface area (Å²) >= 11 is 0. The smallest absolute Gasteiger partial charge is 0.240 e. The molecule has 2 aromatic heterocycles. The number of ether oxygens (including phenoxy) is 1. The van der Waals surface area contributed by atoms with E-state index in [1.165, 1.54) is 0 Å². The average Bonchev–Trinajstić information content (AvgIpc) is 2.45. The first-order chi connectivity index (χ1) is 6.66. The SMILES string of the molecule is CC(C)Oc1cccc2nc(N)nn12.